The van der Waals surface area contributed by atoms with Crippen LogP contribution < -0.4 is 5.56 Å². The van der Waals surface area contributed by atoms with Crippen LogP contribution in [-0.2, 0) is 34.2 Å². The average Bonchev–Trinajstić information content (AvgIpc) is 3.17. The third-order valence-corrected chi connectivity index (χ3v) is 6.86. The lowest BCUT2D eigenvalue weighted by molar-refractivity contribution is -0.131. The van der Waals surface area contributed by atoms with Crippen LogP contribution in [0.2, 0.25) is 0 Å². The number of hydrogen-bond acceptors (Lipinski definition) is 5. The normalized spacial score (nSPS) is 19.9. The first-order valence-electron chi connectivity index (χ1n) is 9.73. The van der Waals surface area contributed by atoms with Crippen molar-refractivity contribution in [2.75, 3.05) is 19.3 Å². The van der Waals surface area contributed by atoms with Gasteiger partial charge in [-0.2, -0.15) is 4.31 Å². The SMILES string of the molecule is CS(=O)(=O)N1CCc2c(nc([C@@H]3CCCN3C(=O)Cc3ccccc3)[nH]c2=O)C1. The molecule has 154 valence electrons. The zero-order valence-corrected chi connectivity index (χ0v) is 17.1. The third kappa shape index (κ3) is 4.11. The van der Waals surface area contributed by atoms with E-state index in [0.29, 0.717) is 36.5 Å². The molecule has 1 amide bonds. The van der Waals surface area contributed by atoms with Crippen LogP contribution in [0.4, 0.5) is 0 Å². The minimum absolute atomic E-state index is 0.00293. The van der Waals surface area contributed by atoms with Gasteiger partial charge in [-0.3, -0.25) is 9.59 Å². The van der Waals surface area contributed by atoms with Crippen LogP contribution in [0, 0.1) is 0 Å². The summed E-state index contributed by atoms with van der Waals surface area (Å²) < 4.78 is 25.1. The minimum atomic E-state index is -3.36. The smallest absolute Gasteiger partial charge is 0.254 e. The van der Waals surface area contributed by atoms with Crippen LogP contribution in [0.25, 0.3) is 0 Å². The number of rotatable bonds is 4. The predicted molar refractivity (Wildman–Crippen MR) is 108 cm³/mol. The Hall–Kier alpha value is -2.52. The molecule has 0 unspecified atom stereocenters. The van der Waals surface area contributed by atoms with E-state index in [-0.39, 0.29) is 30.6 Å². The van der Waals surface area contributed by atoms with Gasteiger partial charge >= 0.3 is 0 Å². The lowest BCUT2D eigenvalue weighted by atomic mass is 10.1. The topological polar surface area (TPSA) is 103 Å². The van der Waals surface area contributed by atoms with Crippen LogP contribution in [-0.4, -0.2) is 52.8 Å². The molecule has 1 atom stereocenters. The van der Waals surface area contributed by atoms with E-state index < -0.39 is 10.0 Å². The Morgan fingerprint density at radius 2 is 2.00 bits per heavy atom. The number of carbonyl (C=O) groups is 1. The summed E-state index contributed by atoms with van der Waals surface area (Å²) in [7, 11) is -3.36. The molecule has 8 nitrogen and oxygen atoms in total. The maximum absolute atomic E-state index is 12.9. The van der Waals surface area contributed by atoms with Gasteiger partial charge in [0.25, 0.3) is 5.56 Å². The second kappa shape index (κ2) is 7.72. The highest BCUT2D eigenvalue weighted by Gasteiger charge is 2.33. The van der Waals surface area contributed by atoms with Gasteiger partial charge in [-0.05, 0) is 24.8 Å². The van der Waals surface area contributed by atoms with E-state index in [1.807, 2.05) is 30.3 Å². The predicted octanol–water partition coefficient (Wildman–Crippen LogP) is 0.994. The van der Waals surface area contributed by atoms with E-state index in [1.165, 1.54) is 4.31 Å². The molecule has 9 heteroatoms. The zero-order valence-electron chi connectivity index (χ0n) is 16.3. The van der Waals surface area contributed by atoms with Crippen molar-refractivity contribution in [3.05, 3.63) is 63.3 Å². The Kier molecular flexibility index (Phi) is 5.26. The molecule has 1 aromatic carbocycles. The fourth-order valence-electron chi connectivity index (χ4n) is 4.10. The number of carbonyl (C=O) groups excluding carboxylic acids is 1. The summed E-state index contributed by atoms with van der Waals surface area (Å²) in [6, 6.07) is 9.26. The lowest BCUT2D eigenvalue weighted by Gasteiger charge is -2.28. The summed E-state index contributed by atoms with van der Waals surface area (Å²) in [5.74, 6) is 0.444. The van der Waals surface area contributed by atoms with Crippen LogP contribution in [0.15, 0.2) is 35.1 Å². The van der Waals surface area contributed by atoms with Crippen molar-refractivity contribution in [1.82, 2.24) is 19.2 Å². The van der Waals surface area contributed by atoms with Crippen molar-refractivity contribution in [2.24, 2.45) is 0 Å². The van der Waals surface area contributed by atoms with Gasteiger partial charge in [0.2, 0.25) is 15.9 Å². The number of likely N-dealkylation sites (tertiary alicyclic amines) is 1. The molecular weight excluding hydrogens is 392 g/mol. The average molecular weight is 417 g/mol. The third-order valence-electron chi connectivity index (χ3n) is 5.61. The molecule has 2 aromatic rings. The summed E-state index contributed by atoms with van der Waals surface area (Å²) in [6.07, 6.45) is 3.35. The number of aromatic amines is 1. The first kappa shape index (κ1) is 19.8. The molecule has 2 aliphatic heterocycles. The van der Waals surface area contributed by atoms with Gasteiger partial charge < -0.3 is 9.88 Å². The van der Waals surface area contributed by atoms with Gasteiger partial charge in [0.05, 0.1) is 31.0 Å². The summed E-state index contributed by atoms with van der Waals surface area (Å²) >= 11 is 0. The second-order valence-electron chi connectivity index (χ2n) is 7.63. The van der Waals surface area contributed by atoms with Crippen molar-refractivity contribution in [2.45, 2.75) is 38.3 Å². The largest absolute Gasteiger partial charge is 0.332 e. The van der Waals surface area contributed by atoms with Crippen LogP contribution in [0.5, 0.6) is 0 Å². The van der Waals surface area contributed by atoms with Crippen molar-refractivity contribution in [3.8, 4) is 0 Å². The lowest BCUT2D eigenvalue weighted by Crippen LogP contribution is -2.40. The molecule has 0 saturated carbocycles. The molecule has 3 heterocycles. The molecule has 1 N–H and O–H groups in total. The fraction of sp³-hybridized carbons (Fsp3) is 0.450. The summed E-state index contributed by atoms with van der Waals surface area (Å²) in [4.78, 5) is 34.7. The molecule has 1 fully saturated rings. The number of hydrogen-bond donors (Lipinski definition) is 1. The van der Waals surface area contributed by atoms with E-state index in [2.05, 4.69) is 9.97 Å². The van der Waals surface area contributed by atoms with Gasteiger partial charge in [0.1, 0.15) is 5.82 Å². The van der Waals surface area contributed by atoms with Gasteiger partial charge in [-0.15, -0.1) is 0 Å². The van der Waals surface area contributed by atoms with E-state index in [9.17, 15) is 18.0 Å². The first-order valence-corrected chi connectivity index (χ1v) is 11.6. The Balaban J connectivity index is 1.60. The molecule has 1 aromatic heterocycles. The molecule has 0 radical (unpaired) electrons. The maximum atomic E-state index is 12.9. The summed E-state index contributed by atoms with van der Waals surface area (Å²) in [6.45, 7) is 0.990. The number of amides is 1. The van der Waals surface area contributed by atoms with E-state index >= 15 is 0 Å². The minimum Gasteiger partial charge on any atom is -0.332 e. The highest BCUT2D eigenvalue weighted by molar-refractivity contribution is 7.88. The number of sulfonamides is 1. The number of benzene rings is 1. The highest BCUT2D eigenvalue weighted by atomic mass is 32.2. The van der Waals surface area contributed by atoms with Gasteiger partial charge in [-0.25, -0.2) is 13.4 Å². The molecule has 2 aliphatic rings. The second-order valence-corrected chi connectivity index (χ2v) is 9.61. The first-order chi connectivity index (χ1) is 13.8. The van der Waals surface area contributed by atoms with Crippen molar-refractivity contribution in [3.63, 3.8) is 0 Å². The number of nitrogens with one attached hydrogen (secondary N) is 1. The van der Waals surface area contributed by atoms with Crippen LogP contribution in [0.1, 0.15) is 41.5 Å². The van der Waals surface area contributed by atoms with E-state index in [4.69, 9.17) is 0 Å². The monoisotopic (exact) mass is 416 g/mol. The van der Waals surface area contributed by atoms with E-state index in [1.54, 1.807) is 4.90 Å². The van der Waals surface area contributed by atoms with E-state index in [0.717, 1.165) is 24.7 Å². The van der Waals surface area contributed by atoms with Gasteiger partial charge in [-0.1, -0.05) is 30.3 Å². The Bertz CT molecular complexity index is 1080. The summed E-state index contributed by atoms with van der Waals surface area (Å²) in [5.41, 5.74) is 1.73. The maximum Gasteiger partial charge on any atom is 0.254 e. The molecular formula is C20H24N4O4S. The highest BCUT2D eigenvalue weighted by Crippen LogP contribution is 2.31. The van der Waals surface area contributed by atoms with Gasteiger partial charge in [0.15, 0.2) is 0 Å². The van der Waals surface area contributed by atoms with Crippen molar-refractivity contribution < 1.29 is 13.2 Å². The van der Waals surface area contributed by atoms with Crippen molar-refractivity contribution >= 4 is 15.9 Å². The Morgan fingerprint density at radius 3 is 2.72 bits per heavy atom. The summed E-state index contributed by atoms with van der Waals surface area (Å²) in [5, 5.41) is 0. The molecule has 0 bridgehead atoms. The fourth-order valence-corrected chi connectivity index (χ4v) is 4.88. The quantitative estimate of drug-likeness (QED) is 0.801. The molecule has 0 aliphatic carbocycles. The molecule has 0 spiro atoms. The standard InChI is InChI=1S/C20H24N4O4S/c1-29(27,28)23-11-9-15-16(13-23)21-19(22-20(15)26)17-8-5-10-24(17)18(25)12-14-6-3-2-4-7-14/h2-4,6-7,17H,5,8-13H2,1H3,(H,21,22,26)/t17-/m0/s1. The van der Waals surface area contributed by atoms with Crippen molar-refractivity contribution in [1.29, 1.82) is 0 Å². The molecule has 29 heavy (non-hydrogen) atoms. The van der Waals surface area contributed by atoms with Crippen LogP contribution in [0.3, 0.4) is 0 Å². The Labute approximate surface area is 169 Å². The number of fused-ring (bicyclic) bond motifs is 1. The molecule has 1 saturated heterocycles. The number of H-pyrrole nitrogens is 1. The molecule has 4 rings (SSSR count). The zero-order chi connectivity index (χ0) is 20.6. The number of aromatic nitrogens is 2. The Morgan fingerprint density at radius 1 is 1.24 bits per heavy atom. The van der Waals surface area contributed by atoms with Gasteiger partial charge in [0, 0.05) is 18.7 Å². The van der Waals surface area contributed by atoms with Crippen LogP contribution >= 0.6 is 0 Å². The number of nitrogens with zero attached hydrogens (tertiary/aromatic N) is 3.